The van der Waals surface area contributed by atoms with E-state index in [0.29, 0.717) is 39.7 Å². The first-order chi connectivity index (χ1) is 12.5. The van der Waals surface area contributed by atoms with E-state index in [1.165, 1.54) is 0 Å². The first kappa shape index (κ1) is 16.5. The molecule has 1 aliphatic carbocycles. The van der Waals surface area contributed by atoms with Gasteiger partial charge in [0.2, 0.25) is 0 Å². The minimum atomic E-state index is -0.136. The number of aromatic hydroxyl groups is 1. The monoisotopic (exact) mass is 348 g/mol. The molecule has 0 bridgehead atoms. The average molecular weight is 348 g/mol. The van der Waals surface area contributed by atoms with Gasteiger partial charge in [0.05, 0.1) is 16.8 Å². The van der Waals surface area contributed by atoms with Crippen molar-refractivity contribution in [3.05, 3.63) is 63.9 Å². The van der Waals surface area contributed by atoms with Crippen LogP contribution < -0.4 is 5.56 Å². The first-order valence-electron chi connectivity index (χ1n) is 8.68. The van der Waals surface area contributed by atoms with Crippen molar-refractivity contribution >= 4 is 16.6 Å². The van der Waals surface area contributed by atoms with Crippen LogP contribution in [0.4, 0.5) is 0 Å². The van der Waals surface area contributed by atoms with E-state index in [1.807, 2.05) is 26.2 Å². The average Bonchev–Trinajstić information content (AvgIpc) is 2.92. The fourth-order valence-corrected chi connectivity index (χ4v) is 3.76. The van der Waals surface area contributed by atoms with Crippen LogP contribution in [0.3, 0.4) is 0 Å². The molecule has 5 nitrogen and oxygen atoms in total. The Labute approximate surface area is 151 Å². The number of benzene rings is 2. The first-order valence-corrected chi connectivity index (χ1v) is 8.68. The van der Waals surface area contributed by atoms with Gasteiger partial charge < -0.3 is 14.6 Å². The summed E-state index contributed by atoms with van der Waals surface area (Å²) in [6.07, 6.45) is 0.773. The molecule has 0 unspecified atom stereocenters. The van der Waals surface area contributed by atoms with E-state index in [-0.39, 0.29) is 17.1 Å². The van der Waals surface area contributed by atoms with Crippen molar-refractivity contribution < 1.29 is 9.90 Å². The fourth-order valence-electron chi connectivity index (χ4n) is 3.76. The summed E-state index contributed by atoms with van der Waals surface area (Å²) in [4.78, 5) is 28.3. The van der Waals surface area contributed by atoms with Crippen LogP contribution in [0.1, 0.15) is 22.3 Å². The van der Waals surface area contributed by atoms with Gasteiger partial charge in [-0.1, -0.05) is 30.3 Å². The summed E-state index contributed by atoms with van der Waals surface area (Å²) in [6.45, 7) is 1.32. The largest absolute Gasteiger partial charge is 0.507 e. The van der Waals surface area contributed by atoms with E-state index < -0.39 is 0 Å². The molecule has 3 aromatic rings. The number of phenols is 1. The maximum atomic E-state index is 13.1. The van der Waals surface area contributed by atoms with E-state index in [0.717, 1.165) is 13.0 Å². The molecule has 132 valence electrons. The van der Waals surface area contributed by atoms with Crippen LogP contribution in [-0.2, 0) is 6.54 Å². The lowest BCUT2D eigenvalue weighted by Crippen LogP contribution is -2.25. The second-order valence-electron chi connectivity index (χ2n) is 6.91. The summed E-state index contributed by atoms with van der Waals surface area (Å²) >= 11 is 0. The van der Waals surface area contributed by atoms with Crippen molar-refractivity contribution in [1.82, 2.24) is 9.47 Å². The summed E-state index contributed by atoms with van der Waals surface area (Å²) in [5, 5.41) is 11.6. The summed E-state index contributed by atoms with van der Waals surface area (Å²) in [5.74, 6) is -0.103. The molecular weight excluding hydrogens is 328 g/mol. The number of aromatic nitrogens is 1. The van der Waals surface area contributed by atoms with Crippen LogP contribution in [0.2, 0.25) is 0 Å². The molecule has 0 radical (unpaired) electrons. The highest BCUT2D eigenvalue weighted by atomic mass is 16.3. The third-order valence-electron chi connectivity index (χ3n) is 4.92. The molecule has 26 heavy (non-hydrogen) atoms. The Morgan fingerprint density at radius 2 is 1.69 bits per heavy atom. The molecule has 0 amide bonds. The van der Waals surface area contributed by atoms with Crippen molar-refractivity contribution in [3.63, 3.8) is 0 Å². The maximum absolute atomic E-state index is 13.1. The third-order valence-corrected chi connectivity index (χ3v) is 4.92. The standard InChI is InChI=1S/C21H20N2O3/c1-22(2)11-6-12-23-19-17-15(9-5-10-16(17)24)20(25)18(19)13-7-3-4-8-14(13)21(23)26/h3-5,7-10,24H,6,11-12H2,1-2H3. The molecular formula is C21H20N2O3. The third kappa shape index (κ3) is 2.35. The van der Waals surface area contributed by atoms with Crippen molar-refractivity contribution in [3.8, 4) is 17.0 Å². The SMILES string of the molecule is CN(C)CCCn1c2c(c3ccccc3c1=O)C(=O)c1cccc(O)c1-2. The Balaban J connectivity index is 2.05. The predicted molar refractivity (Wildman–Crippen MR) is 102 cm³/mol. The van der Waals surface area contributed by atoms with Gasteiger partial charge >= 0.3 is 0 Å². The van der Waals surface area contributed by atoms with Crippen molar-refractivity contribution in [1.29, 1.82) is 0 Å². The van der Waals surface area contributed by atoms with Gasteiger partial charge in [0, 0.05) is 22.9 Å². The number of rotatable bonds is 4. The van der Waals surface area contributed by atoms with Gasteiger partial charge in [-0.15, -0.1) is 0 Å². The van der Waals surface area contributed by atoms with E-state index in [4.69, 9.17) is 0 Å². The molecule has 0 spiro atoms. The van der Waals surface area contributed by atoms with Crippen LogP contribution in [0, 0.1) is 0 Å². The molecule has 0 fully saturated rings. The number of hydrogen-bond acceptors (Lipinski definition) is 4. The lowest BCUT2D eigenvalue weighted by molar-refractivity contribution is 0.104. The van der Waals surface area contributed by atoms with Gasteiger partial charge in [-0.3, -0.25) is 9.59 Å². The molecule has 4 rings (SSSR count). The number of fused-ring (bicyclic) bond motifs is 5. The Kier molecular flexibility index (Phi) is 3.89. The summed E-state index contributed by atoms with van der Waals surface area (Å²) < 4.78 is 1.66. The highest BCUT2D eigenvalue weighted by molar-refractivity contribution is 6.27. The van der Waals surface area contributed by atoms with Crippen molar-refractivity contribution in [2.24, 2.45) is 0 Å². The molecule has 1 N–H and O–H groups in total. The topological polar surface area (TPSA) is 62.5 Å². The molecule has 1 heterocycles. The number of hydrogen-bond donors (Lipinski definition) is 1. The van der Waals surface area contributed by atoms with E-state index in [1.54, 1.807) is 34.9 Å². The van der Waals surface area contributed by atoms with Crippen LogP contribution in [0.15, 0.2) is 47.3 Å². The van der Waals surface area contributed by atoms with Crippen LogP contribution in [0.25, 0.3) is 22.0 Å². The van der Waals surface area contributed by atoms with Crippen LogP contribution >= 0.6 is 0 Å². The number of pyridine rings is 1. The smallest absolute Gasteiger partial charge is 0.258 e. The zero-order chi connectivity index (χ0) is 18.4. The Morgan fingerprint density at radius 1 is 0.962 bits per heavy atom. The normalized spacial score (nSPS) is 12.7. The molecule has 0 atom stereocenters. The predicted octanol–water partition coefficient (Wildman–Crippen LogP) is 2.87. The zero-order valence-corrected chi connectivity index (χ0v) is 14.8. The lowest BCUT2D eigenvalue weighted by Gasteiger charge is -2.16. The van der Waals surface area contributed by atoms with Gasteiger partial charge in [0.15, 0.2) is 5.78 Å². The van der Waals surface area contributed by atoms with Crippen LogP contribution in [0.5, 0.6) is 5.75 Å². The molecule has 1 aliphatic rings. The summed E-state index contributed by atoms with van der Waals surface area (Å²) in [7, 11) is 3.97. The van der Waals surface area contributed by atoms with Crippen LogP contribution in [-0.4, -0.2) is 41.0 Å². The number of carbonyl (C=O) groups is 1. The molecule has 1 aromatic heterocycles. The lowest BCUT2D eigenvalue weighted by atomic mass is 10.0. The highest BCUT2D eigenvalue weighted by Crippen LogP contribution is 2.43. The second-order valence-corrected chi connectivity index (χ2v) is 6.91. The van der Waals surface area contributed by atoms with Gasteiger partial charge in [0.25, 0.3) is 5.56 Å². The molecule has 0 saturated heterocycles. The van der Waals surface area contributed by atoms with Gasteiger partial charge in [-0.2, -0.15) is 0 Å². The van der Waals surface area contributed by atoms with E-state index in [2.05, 4.69) is 4.90 Å². The highest BCUT2D eigenvalue weighted by Gasteiger charge is 2.34. The van der Waals surface area contributed by atoms with Gasteiger partial charge in [-0.25, -0.2) is 0 Å². The molecule has 0 aliphatic heterocycles. The summed E-state index contributed by atoms with van der Waals surface area (Å²) in [6, 6.07) is 12.1. The van der Waals surface area contributed by atoms with Crippen molar-refractivity contribution in [2.75, 3.05) is 20.6 Å². The van der Waals surface area contributed by atoms with Crippen molar-refractivity contribution in [2.45, 2.75) is 13.0 Å². The minimum Gasteiger partial charge on any atom is -0.507 e. The number of carbonyl (C=O) groups excluding carboxylic acids is 1. The van der Waals surface area contributed by atoms with E-state index in [9.17, 15) is 14.7 Å². The van der Waals surface area contributed by atoms with Gasteiger partial charge in [-0.05, 0) is 39.2 Å². The Morgan fingerprint density at radius 3 is 2.42 bits per heavy atom. The Hall–Kier alpha value is -2.92. The number of phenolic OH excluding ortho intramolecular Hbond substituents is 1. The van der Waals surface area contributed by atoms with Gasteiger partial charge in [0.1, 0.15) is 5.75 Å². The molecule has 0 saturated carbocycles. The Bertz CT molecular complexity index is 1100. The maximum Gasteiger partial charge on any atom is 0.258 e. The zero-order valence-electron chi connectivity index (χ0n) is 14.8. The van der Waals surface area contributed by atoms with E-state index >= 15 is 0 Å². The summed E-state index contributed by atoms with van der Waals surface area (Å²) in [5.41, 5.74) is 1.87. The number of ketones is 1. The second kappa shape index (κ2) is 6.11. The number of nitrogens with zero attached hydrogens (tertiary/aromatic N) is 2. The fraction of sp³-hybridized carbons (Fsp3) is 0.238. The minimum absolute atomic E-state index is 0.0330. The molecule has 2 aromatic carbocycles. The molecule has 5 heteroatoms. The quantitative estimate of drug-likeness (QED) is 0.616.